The number of nitrogens with one attached hydrogen (secondary N) is 2. The number of unbranched alkanes of at least 4 members (excludes halogenated alkanes) is 1. The molecule has 7 nitrogen and oxygen atoms in total. The number of hydrogen-bond acceptors (Lipinski definition) is 5. The molecule has 0 aliphatic rings. The van der Waals surface area contributed by atoms with Crippen LogP contribution in [0.3, 0.4) is 0 Å². The van der Waals surface area contributed by atoms with E-state index in [-0.39, 0.29) is 5.91 Å². The normalized spacial score (nSPS) is 11.7. The minimum absolute atomic E-state index is 0.132. The van der Waals surface area contributed by atoms with Crippen molar-refractivity contribution < 1.29 is 9.53 Å². The van der Waals surface area contributed by atoms with Gasteiger partial charge in [0.25, 0.3) is 5.91 Å². The minimum Gasteiger partial charge on any atom is -0.361 e. The SMILES string of the molecule is CCCCNC(=O)c1cn(COCC[Si](C)(C)C)c2ncc(Nc3ccc(C)cc3C)nc12. The van der Waals surface area contributed by atoms with E-state index >= 15 is 0 Å². The van der Waals surface area contributed by atoms with Crippen LogP contribution in [0.2, 0.25) is 25.7 Å². The van der Waals surface area contributed by atoms with Crippen LogP contribution >= 0.6 is 0 Å². The second-order valence-corrected chi connectivity index (χ2v) is 15.5. The van der Waals surface area contributed by atoms with Gasteiger partial charge in [-0.3, -0.25) is 4.79 Å². The molecule has 0 saturated carbocycles. The summed E-state index contributed by atoms with van der Waals surface area (Å²) in [4.78, 5) is 22.3. The Bertz CT molecular complexity index is 1100. The Kier molecular flexibility index (Phi) is 8.26. The first-order chi connectivity index (χ1) is 15.7. The van der Waals surface area contributed by atoms with Crippen molar-refractivity contribution in [1.29, 1.82) is 0 Å². The van der Waals surface area contributed by atoms with Gasteiger partial charge in [-0.15, -0.1) is 0 Å². The molecule has 2 N–H and O–H groups in total. The lowest BCUT2D eigenvalue weighted by Gasteiger charge is -2.15. The number of carbonyl (C=O) groups excluding carboxylic acids is 1. The van der Waals surface area contributed by atoms with E-state index in [0.29, 0.717) is 42.4 Å². The summed E-state index contributed by atoms with van der Waals surface area (Å²) < 4.78 is 7.81. The van der Waals surface area contributed by atoms with Crippen LogP contribution in [-0.4, -0.2) is 41.7 Å². The molecule has 33 heavy (non-hydrogen) atoms. The largest absolute Gasteiger partial charge is 0.361 e. The number of fused-ring (bicyclic) bond motifs is 1. The molecule has 1 aromatic carbocycles. The predicted octanol–water partition coefficient (Wildman–Crippen LogP) is 5.63. The second kappa shape index (κ2) is 10.9. The molecule has 0 saturated heterocycles. The number of aromatic nitrogens is 3. The molecular weight excluding hydrogens is 430 g/mol. The monoisotopic (exact) mass is 467 g/mol. The standard InChI is InChI=1S/C25H37N5O2Si/c1-7-8-11-26-25(31)20-16-30(17-32-12-13-33(4,5)6)24-23(20)29-22(15-27-24)28-21-10-9-18(2)14-19(21)3/h9-10,14-16H,7-8,11-13,17H2,1-6H3,(H,26,31)(H,28,29). The molecule has 0 radical (unpaired) electrons. The highest BCUT2D eigenvalue weighted by molar-refractivity contribution is 6.76. The van der Waals surface area contributed by atoms with E-state index in [1.54, 1.807) is 12.4 Å². The summed E-state index contributed by atoms with van der Waals surface area (Å²) in [5.74, 6) is 0.474. The lowest BCUT2D eigenvalue weighted by Crippen LogP contribution is -2.24. The summed E-state index contributed by atoms with van der Waals surface area (Å²) in [5, 5.41) is 6.35. The molecule has 8 heteroatoms. The summed E-state index contributed by atoms with van der Waals surface area (Å²) in [5.41, 5.74) is 5.05. The predicted molar refractivity (Wildman–Crippen MR) is 138 cm³/mol. The van der Waals surface area contributed by atoms with E-state index in [9.17, 15) is 4.79 Å². The van der Waals surface area contributed by atoms with Gasteiger partial charge in [0.05, 0.1) is 11.8 Å². The number of carbonyl (C=O) groups is 1. The van der Waals surface area contributed by atoms with E-state index < -0.39 is 8.07 Å². The van der Waals surface area contributed by atoms with Crippen LogP contribution in [0.25, 0.3) is 11.2 Å². The number of anilines is 2. The first-order valence-electron chi connectivity index (χ1n) is 11.7. The Morgan fingerprint density at radius 1 is 1.21 bits per heavy atom. The van der Waals surface area contributed by atoms with Crippen molar-refractivity contribution in [1.82, 2.24) is 19.9 Å². The summed E-state index contributed by atoms with van der Waals surface area (Å²) in [7, 11) is -1.17. The third-order valence-corrected chi connectivity index (χ3v) is 7.20. The van der Waals surface area contributed by atoms with Gasteiger partial charge in [0.15, 0.2) is 5.65 Å². The number of rotatable bonds is 11. The molecule has 178 valence electrons. The van der Waals surface area contributed by atoms with Crippen LogP contribution in [0, 0.1) is 13.8 Å². The second-order valence-electron chi connectivity index (χ2n) is 9.84. The molecule has 1 amide bonds. The summed E-state index contributed by atoms with van der Waals surface area (Å²) in [6.45, 7) is 14.9. The Morgan fingerprint density at radius 2 is 2.00 bits per heavy atom. The van der Waals surface area contributed by atoms with E-state index in [1.807, 2.05) is 10.6 Å². The molecule has 0 aliphatic heterocycles. The molecule has 0 bridgehead atoms. The molecule has 0 aliphatic carbocycles. The van der Waals surface area contributed by atoms with Crippen molar-refractivity contribution in [3.63, 3.8) is 0 Å². The van der Waals surface area contributed by atoms with Crippen molar-refractivity contribution in [2.45, 2.75) is 66.0 Å². The van der Waals surface area contributed by atoms with Crippen LogP contribution in [0.15, 0.2) is 30.6 Å². The number of nitrogens with zero attached hydrogens (tertiary/aromatic N) is 3. The van der Waals surface area contributed by atoms with Crippen molar-refractivity contribution in [2.75, 3.05) is 18.5 Å². The lowest BCUT2D eigenvalue weighted by atomic mass is 10.1. The Balaban J connectivity index is 1.87. The van der Waals surface area contributed by atoms with Crippen LogP contribution in [-0.2, 0) is 11.5 Å². The third-order valence-electron chi connectivity index (χ3n) is 5.50. The zero-order valence-corrected chi connectivity index (χ0v) is 21.8. The molecule has 0 spiro atoms. The highest BCUT2D eigenvalue weighted by Gasteiger charge is 2.19. The maximum atomic E-state index is 12.9. The highest BCUT2D eigenvalue weighted by Crippen LogP contribution is 2.24. The van der Waals surface area contributed by atoms with Gasteiger partial charge in [0.1, 0.15) is 18.1 Å². The number of hydrogen-bond donors (Lipinski definition) is 2. The average molecular weight is 468 g/mol. The van der Waals surface area contributed by atoms with Crippen molar-refractivity contribution >= 4 is 36.7 Å². The topological polar surface area (TPSA) is 81.1 Å². The van der Waals surface area contributed by atoms with Crippen molar-refractivity contribution in [2.24, 2.45) is 0 Å². The van der Waals surface area contributed by atoms with E-state index in [1.165, 1.54) is 5.56 Å². The van der Waals surface area contributed by atoms with Gasteiger partial charge in [0, 0.05) is 33.1 Å². The molecule has 3 rings (SSSR count). The molecule has 3 aromatic rings. The molecule has 2 aromatic heterocycles. The number of benzene rings is 1. The Morgan fingerprint density at radius 3 is 2.70 bits per heavy atom. The van der Waals surface area contributed by atoms with Gasteiger partial charge < -0.3 is 19.9 Å². The van der Waals surface area contributed by atoms with Gasteiger partial charge in [-0.1, -0.05) is 50.7 Å². The third kappa shape index (κ3) is 6.88. The summed E-state index contributed by atoms with van der Waals surface area (Å²) in [6.07, 6.45) is 5.48. The van der Waals surface area contributed by atoms with Gasteiger partial charge in [-0.2, -0.15) is 0 Å². The van der Waals surface area contributed by atoms with E-state index in [0.717, 1.165) is 30.1 Å². The van der Waals surface area contributed by atoms with Crippen LogP contribution in [0.4, 0.5) is 11.5 Å². The number of amides is 1. The molecule has 2 heterocycles. The van der Waals surface area contributed by atoms with Crippen molar-refractivity contribution in [3.8, 4) is 0 Å². The van der Waals surface area contributed by atoms with Crippen molar-refractivity contribution in [3.05, 3.63) is 47.3 Å². The molecule has 0 atom stereocenters. The maximum Gasteiger partial charge on any atom is 0.255 e. The Hall–Kier alpha value is -2.71. The van der Waals surface area contributed by atoms with Gasteiger partial charge in [-0.05, 0) is 37.9 Å². The quantitative estimate of drug-likeness (QED) is 0.282. The number of ether oxygens (including phenoxy) is 1. The highest BCUT2D eigenvalue weighted by atomic mass is 28.3. The van der Waals surface area contributed by atoms with Crippen LogP contribution < -0.4 is 10.6 Å². The average Bonchev–Trinajstić information content (AvgIpc) is 3.11. The minimum atomic E-state index is -1.17. The lowest BCUT2D eigenvalue weighted by molar-refractivity contribution is 0.0892. The summed E-state index contributed by atoms with van der Waals surface area (Å²) in [6, 6.07) is 7.30. The Labute approximate surface area is 198 Å². The first-order valence-corrected chi connectivity index (χ1v) is 15.4. The molecular formula is C25H37N5O2Si. The van der Waals surface area contributed by atoms with Crippen LogP contribution in [0.1, 0.15) is 41.3 Å². The zero-order valence-electron chi connectivity index (χ0n) is 20.8. The molecule has 0 fully saturated rings. The van der Waals surface area contributed by atoms with Crippen LogP contribution in [0.5, 0.6) is 0 Å². The smallest absolute Gasteiger partial charge is 0.255 e. The first kappa shape index (κ1) is 24.9. The fraction of sp³-hybridized carbons (Fsp3) is 0.480. The van der Waals surface area contributed by atoms with E-state index in [2.05, 4.69) is 68.2 Å². The van der Waals surface area contributed by atoms with Gasteiger partial charge in [-0.25, -0.2) is 9.97 Å². The summed E-state index contributed by atoms with van der Waals surface area (Å²) >= 11 is 0. The fourth-order valence-corrected chi connectivity index (χ4v) is 4.24. The zero-order chi connectivity index (χ0) is 24.0. The fourth-order valence-electron chi connectivity index (χ4n) is 3.48. The number of aryl methyl sites for hydroxylation is 2. The maximum absolute atomic E-state index is 12.9. The van der Waals surface area contributed by atoms with Gasteiger partial charge in [0.2, 0.25) is 0 Å². The van der Waals surface area contributed by atoms with E-state index in [4.69, 9.17) is 9.72 Å². The molecule has 0 unspecified atom stereocenters. The van der Waals surface area contributed by atoms with Gasteiger partial charge >= 0.3 is 0 Å².